The third-order valence-electron chi connectivity index (χ3n) is 1.91. The van der Waals surface area contributed by atoms with E-state index >= 15 is 0 Å². The molecule has 2 nitrogen and oxygen atoms in total. The van der Waals surface area contributed by atoms with Gasteiger partial charge in [-0.2, -0.15) is 0 Å². The van der Waals surface area contributed by atoms with Crippen LogP contribution in [0.3, 0.4) is 0 Å². The van der Waals surface area contributed by atoms with Crippen LogP contribution in [-0.2, 0) is 5.54 Å². The molecule has 0 aromatic heterocycles. The van der Waals surface area contributed by atoms with Gasteiger partial charge in [-0.25, -0.2) is 0 Å². The Kier molecular flexibility index (Phi) is 3.19. The molecule has 1 aromatic rings. The van der Waals surface area contributed by atoms with Gasteiger partial charge >= 0.3 is 0 Å². The molecule has 0 aliphatic rings. The lowest BCUT2D eigenvalue weighted by Gasteiger charge is -2.22. The minimum Gasteiger partial charge on any atom is -0.394 e. The van der Waals surface area contributed by atoms with Crippen LogP contribution < -0.4 is 5.73 Å². The predicted molar refractivity (Wildman–Crippen MR) is 55.1 cm³/mol. The van der Waals surface area contributed by atoms with Crippen LogP contribution in [0.2, 0.25) is 10.0 Å². The fourth-order valence-electron chi connectivity index (χ4n) is 0.943. The van der Waals surface area contributed by atoms with Crippen molar-refractivity contribution in [2.45, 2.75) is 12.5 Å². The zero-order valence-corrected chi connectivity index (χ0v) is 8.73. The molecule has 4 heteroatoms. The normalized spacial score (nSPS) is 15.5. The van der Waals surface area contributed by atoms with Gasteiger partial charge in [-0.15, -0.1) is 0 Å². The van der Waals surface area contributed by atoms with Crippen LogP contribution in [-0.4, -0.2) is 11.7 Å². The molecule has 0 spiro atoms. The summed E-state index contributed by atoms with van der Waals surface area (Å²) < 4.78 is 0. The van der Waals surface area contributed by atoms with Crippen LogP contribution in [0.25, 0.3) is 0 Å². The largest absolute Gasteiger partial charge is 0.394 e. The SMILES string of the molecule is CC(N)(CO)c1ccc(Cl)c(Cl)c1. The number of halogens is 2. The van der Waals surface area contributed by atoms with Gasteiger partial charge in [0, 0.05) is 0 Å². The summed E-state index contributed by atoms with van der Waals surface area (Å²) in [5.74, 6) is 0. The zero-order chi connectivity index (χ0) is 10.1. The van der Waals surface area contributed by atoms with E-state index in [0.717, 1.165) is 5.56 Å². The monoisotopic (exact) mass is 219 g/mol. The van der Waals surface area contributed by atoms with E-state index in [1.54, 1.807) is 25.1 Å². The van der Waals surface area contributed by atoms with E-state index in [0.29, 0.717) is 10.0 Å². The zero-order valence-electron chi connectivity index (χ0n) is 7.22. The maximum absolute atomic E-state index is 9.01. The summed E-state index contributed by atoms with van der Waals surface area (Å²) in [5, 5.41) is 9.94. The van der Waals surface area contributed by atoms with Crippen LogP contribution in [0, 0.1) is 0 Å². The molecule has 0 radical (unpaired) electrons. The standard InChI is InChI=1S/C9H11Cl2NO/c1-9(12,5-13)6-2-3-7(10)8(11)4-6/h2-4,13H,5,12H2,1H3. The first-order chi connectivity index (χ1) is 5.97. The van der Waals surface area contributed by atoms with E-state index in [4.69, 9.17) is 34.0 Å². The second-order valence-electron chi connectivity index (χ2n) is 3.20. The quantitative estimate of drug-likeness (QED) is 0.802. The number of hydrogen-bond acceptors (Lipinski definition) is 2. The van der Waals surface area contributed by atoms with Gasteiger partial charge in [0.1, 0.15) is 0 Å². The van der Waals surface area contributed by atoms with Crippen molar-refractivity contribution in [3.05, 3.63) is 33.8 Å². The highest BCUT2D eigenvalue weighted by molar-refractivity contribution is 6.42. The van der Waals surface area contributed by atoms with Crippen molar-refractivity contribution < 1.29 is 5.11 Å². The average Bonchev–Trinajstić information content (AvgIpc) is 2.09. The summed E-state index contributed by atoms with van der Waals surface area (Å²) in [5.41, 5.74) is 5.80. The molecule has 0 aliphatic heterocycles. The van der Waals surface area contributed by atoms with Gasteiger partial charge in [0.2, 0.25) is 0 Å². The van der Waals surface area contributed by atoms with Crippen molar-refractivity contribution in [3.8, 4) is 0 Å². The Morgan fingerprint density at radius 1 is 1.38 bits per heavy atom. The lowest BCUT2D eigenvalue weighted by molar-refractivity contribution is 0.210. The number of rotatable bonds is 2. The summed E-state index contributed by atoms with van der Waals surface area (Å²) in [7, 11) is 0. The molecule has 72 valence electrons. The molecule has 13 heavy (non-hydrogen) atoms. The van der Waals surface area contributed by atoms with Crippen molar-refractivity contribution in [1.82, 2.24) is 0 Å². The number of hydrogen-bond donors (Lipinski definition) is 2. The topological polar surface area (TPSA) is 46.2 Å². The van der Waals surface area contributed by atoms with E-state index in [2.05, 4.69) is 0 Å². The van der Waals surface area contributed by atoms with Gasteiger partial charge in [-0.05, 0) is 24.6 Å². The van der Waals surface area contributed by atoms with Crippen molar-refractivity contribution in [1.29, 1.82) is 0 Å². The molecule has 0 bridgehead atoms. The van der Waals surface area contributed by atoms with Gasteiger partial charge in [0.25, 0.3) is 0 Å². The molecule has 0 fully saturated rings. The van der Waals surface area contributed by atoms with Crippen molar-refractivity contribution in [3.63, 3.8) is 0 Å². The maximum Gasteiger partial charge on any atom is 0.0650 e. The second-order valence-corrected chi connectivity index (χ2v) is 4.02. The summed E-state index contributed by atoms with van der Waals surface area (Å²) in [6, 6.07) is 5.09. The fraction of sp³-hybridized carbons (Fsp3) is 0.333. The van der Waals surface area contributed by atoms with Crippen LogP contribution in [0.1, 0.15) is 12.5 Å². The molecule has 1 rings (SSSR count). The molecule has 1 aromatic carbocycles. The van der Waals surface area contributed by atoms with Gasteiger partial charge < -0.3 is 10.8 Å². The average molecular weight is 220 g/mol. The maximum atomic E-state index is 9.01. The minimum absolute atomic E-state index is 0.134. The first-order valence-corrected chi connectivity index (χ1v) is 4.58. The van der Waals surface area contributed by atoms with Crippen molar-refractivity contribution in [2.75, 3.05) is 6.61 Å². The Morgan fingerprint density at radius 2 is 2.00 bits per heavy atom. The lowest BCUT2D eigenvalue weighted by atomic mass is 9.94. The molecule has 0 amide bonds. The number of benzene rings is 1. The van der Waals surface area contributed by atoms with Gasteiger partial charge in [-0.1, -0.05) is 29.3 Å². The molecule has 0 saturated carbocycles. The highest BCUT2D eigenvalue weighted by atomic mass is 35.5. The molecule has 3 N–H and O–H groups in total. The van der Waals surface area contributed by atoms with Crippen LogP contribution in [0.4, 0.5) is 0 Å². The molecule has 0 heterocycles. The first kappa shape index (κ1) is 10.8. The summed E-state index contributed by atoms with van der Waals surface area (Å²) in [6.45, 7) is 1.59. The molecule has 1 atom stereocenters. The highest BCUT2D eigenvalue weighted by Gasteiger charge is 2.20. The highest BCUT2D eigenvalue weighted by Crippen LogP contribution is 2.26. The van der Waals surface area contributed by atoms with Gasteiger partial charge in [0.05, 0.1) is 22.2 Å². The molecule has 0 aliphatic carbocycles. The smallest absolute Gasteiger partial charge is 0.0650 e. The second kappa shape index (κ2) is 3.84. The molecule has 1 unspecified atom stereocenters. The number of aliphatic hydroxyl groups excluding tert-OH is 1. The minimum atomic E-state index is -0.770. The summed E-state index contributed by atoms with van der Waals surface area (Å²) >= 11 is 11.5. The predicted octanol–water partition coefficient (Wildman–Crippen LogP) is 2.16. The Labute approximate surface area is 87.3 Å². The molecular formula is C9H11Cl2NO. The summed E-state index contributed by atoms with van der Waals surface area (Å²) in [4.78, 5) is 0. The van der Waals surface area contributed by atoms with Crippen LogP contribution >= 0.6 is 23.2 Å². The van der Waals surface area contributed by atoms with Crippen molar-refractivity contribution >= 4 is 23.2 Å². The van der Waals surface area contributed by atoms with Crippen molar-refractivity contribution in [2.24, 2.45) is 5.73 Å². The van der Waals surface area contributed by atoms with E-state index in [1.165, 1.54) is 0 Å². The fourth-order valence-corrected chi connectivity index (χ4v) is 1.24. The Morgan fingerprint density at radius 3 is 2.46 bits per heavy atom. The van der Waals surface area contributed by atoms with Gasteiger partial charge in [-0.3, -0.25) is 0 Å². The first-order valence-electron chi connectivity index (χ1n) is 3.82. The van der Waals surface area contributed by atoms with Gasteiger partial charge in [0.15, 0.2) is 0 Å². The van der Waals surface area contributed by atoms with E-state index in [1.807, 2.05) is 0 Å². The third kappa shape index (κ3) is 2.35. The molecular weight excluding hydrogens is 209 g/mol. The Bertz CT molecular complexity index is 312. The van der Waals surface area contributed by atoms with E-state index in [-0.39, 0.29) is 6.61 Å². The summed E-state index contributed by atoms with van der Waals surface area (Å²) in [6.07, 6.45) is 0. The van der Waals surface area contributed by atoms with Crippen LogP contribution in [0.15, 0.2) is 18.2 Å². The van der Waals surface area contributed by atoms with Crippen LogP contribution in [0.5, 0.6) is 0 Å². The molecule has 0 saturated heterocycles. The Balaban J connectivity index is 3.10. The number of aliphatic hydroxyl groups is 1. The van der Waals surface area contributed by atoms with E-state index < -0.39 is 5.54 Å². The number of nitrogens with two attached hydrogens (primary N) is 1. The lowest BCUT2D eigenvalue weighted by Crippen LogP contribution is -2.36. The van der Waals surface area contributed by atoms with E-state index in [9.17, 15) is 0 Å². The third-order valence-corrected chi connectivity index (χ3v) is 2.65. The Hall–Kier alpha value is -0.280.